The molecule has 4 nitrogen and oxygen atoms in total. The van der Waals surface area contributed by atoms with Crippen molar-refractivity contribution in [2.75, 3.05) is 18.5 Å². The number of halogens is 1. The van der Waals surface area contributed by atoms with E-state index in [1.54, 1.807) is 24.3 Å². The first-order valence-corrected chi connectivity index (χ1v) is 7.39. The van der Waals surface area contributed by atoms with E-state index >= 15 is 0 Å². The zero-order chi connectivity index (χ0) is 14.8. The lowest BCUT2D eigenvalue weighted by molar-refractivity contribution is 0.102. The number of benzene rings is 2. The summed E-state index contributed by atoms with van der Waals surface area (Å²) in [4.78, 5) is 12.3. The lowest BCUT2D eigenvalue weighted by Crippen LogP contribution is -2.16. The number of anilines is 1. The van der Waals surface area contributed by atoms with Crippen molar-refractivity contribution < 1.29 is 14.3 Å². The molecular formula is C16H14BrNO3. The van der Waals surface area contributed by atoms with Gasteiger partial charge in [-0.1, -0.05) is 15.9 Å². The predicted molar refractivity (Wildman–Crippen MR) is 84.3 cm³/mol. The number of rotatable bonds is 2. The van der Waals surface area contributed by atoms with Gasteiger partial charge in [-0.3, -0.25) is 4.79 Å². The lowest BCUT2D eigenvalue weighted by atomic mass is 10.1. The van der Waals surface area contributed by atoms with E-state index < -0.39 is 0 Å². The molecule has 2 aromatic carbocycles. The molecule has 1 N–H and O–H groups in total. The van der Waals surface area contributed by atoms with E-state index in [-0.39, 0.29) is 5.91 Å². The maximum absolute atomic E-state index is 12.3. The van der Waals surface area contributed by atoms with Gasteiger partial charge in [0.05, 0.1) is 0 Å². The van der Waals surface area contributed by atoms with Crippen LogP contribution in [0, 0.1) is 6.92 Å². The second-order valence-corrected chi connectivity index (χ2v) is 5.75. The summed E-state index contributed by atoms with van der Waals surface area (Å²) in [6, 6.07) is 11.0. The minimum absolute atomic E-state index is 0.156. The fourth-order valence-corrected chi connectivity index (χ4v) is 2.80. The van der Waals surface area contributed by atoms with Gasteiger partial charge >= 0.3 is 0 Å². The van der Waals surface area contributed by atoms with Crippen LogP contribution >= 0.6 is 15.9 Å². The number of aryl methyl sites for hydroxylation is 1. The molecule has 2 aromatic rings. The van der Waals surface area contributed by atoms with Crippen molar-refractivity contribution in [3.63, 3.8) is 0 Å². The molecule has 1 amide bonds. The van der Waals surface area contributed by atoms with Gasteiger partial charge < -0.3 is 14.8 Å². The van der Waals surface area contributed by atoms with Crippen LogP contribution in [0.25, 0.3) is 0 Å². The summed E-state index contributed by atoms with van der Waals surface area (Å²) in [6.07, 6.45) is 0. The van der Waals surface area contributed by atoms with E-state index in [0.29, 0.717) is 36.0 Å². The molecule has 1 aliphatic rings. The second-order valence-electron chi connectivity index (χ2n) is 4.83. The molecule has 0 unspecified atom stereocenters. The number of amides is 1. The van der Waals surface area contributed by atoms with E-state index in [1.165, 1.54) is 0 Å². The maximum Gasteiger partial charge on any atom is 0.255 e. The molecule has 0 saturated carbocycles. The fourth-order valence-electron chi connectivity index (χ4n) is 2.19. The van der Waals surface area contributed by atoms with Gasteiger partial charge in [-0.05, 0) is 42.8 Å². The Morgan fingerprint density at radius 2 is 1.86 bits per heavy atom. The van der Waals surface area contributed by atoms with Crippen LogP contribution in [0.4, 0.5) is 5.69 Å². The summed E-state index contributed by atoms with van der Waals surface area (Å²) in [5.41, 5.74) is 2.32. The summed E-state index contributed by atoms with van der Waals surface area (Å²) in [5.74, 6) is 1.21. The molecule has 1 aliphatic heterocycles. The van der Waals surface area contributed by atoms with Crippen molar-refractivity contribution in [2.24, 2.45) is 0 Å². The third kappa shape index (κ3) is 3.19. The van der Waals surface area contributed by atoms with Gasteiger partial charge in [-0.25, -0.2) is 0 Å². The number of carbonyl (C=O) groups excluding carboxylic acids is 1. The number of nitrogens with one attached hydrogen (secondary N) is 1. The molecule has 0 spiro atoms. The molecule has 0 radical (unpaired) electrons. The number of carbonyl (C=O) groups is 1. The first-order valence-electron chi connectivity index (χ1n) is 6.60. The summed E-state index contributed by atoms with van der Waals surface area (Å²) >= 11 is 3.40. The second kappa shape index (κ2) is 5.77. The molecular weight excluding hydrogens is 334 g/mol. The molecule has 0 aromatic heterocycles. The van der Waals surface area contributed by atoms with Crippen LogP contribution in [-0.4, -0.2) is 19.1 Å². The average molecular weight is 348 g/mol. The molecule has 0 aliphatic carbocycles. The first-order chi connectivity index (χ1) is 10.1. The van der Waals surface area contributed by atoms with Gasteiger partial charge in [0.25, 0.3) is 5.91 Å². The highest BCUT2D eigenvalue weighted by molar-refractivity contribution is 9.10. The molecule has 0 bridgehead atoms. The average Bonchev–Trinajstić information content (AvgIpc) is 2.46. The summed E-state index contributed by atoms with van der Waals surface area (Å²) in [6.45, 7) is 3.02. The zero-order valence-electron chi connectivity index (χ0n) is 11.5. The minimum Gasteiger partial charge on any atom is -0.486 e. The van der Waals surface area contributed by atoms with Gasteiger partial charge in [0.1, 0.15) is 13.2 Å². The Bertz CT molecular complexity index is 680. The van der Waals surface area contributed by atoms with Crippen LogP contribution in [0.5, 0.6) is 11.5 Å². The highest BCUT2D eigenvalue weighted by atomic mass is 79.9. The van der Waals surface area contributed by atoms with E-state index in [0.717, 1.165) is 10.0 Å². The molecule has 0 fully saturated rings. The quantitative estimate of drug-likeness (QED) is 0.899. The summed E-state index contributed by atoms with van der Waals surface area (Å²) in [7, 11) is 0. The van der Waals surface area contributed by atoms with E-state index in [2.05, 4.69) is 21.2 Å². The highest BCUT2D eigenvalue weighted by Crippen LogP contribution is 2.32. The van der Waals surface area contributed by atoms with E-state index in [1.807, 2.05) is 19.1 Å². The van der Waals surface area contributed by atoms with Gasteiger partial charge in [0, 0.05) is 21.8 Å². The van der Waals surface area contributed by atoms with Gasteiger partial charge in [-0.15, -0.1) is 0 Å². The van der Waals surface area contributed by atoms with Crippen molar-refractivity contribution in [2.45, 2.75) is 6.92 Å². The number of ether oxygens (including phenoxy) is 2. The van der Waals surface area contributed by atoms with E-state index in [9.17, 15) is 4.79 Å². The normalized spacial score (nSPS) is 12.9. The zero-order valence-corrected chi connectivity index (χ0v) is 13.1. The number of hydrogen-bond donors (Lipinski definition) is 1. The standard InChI is InChI=1S/C16H14BrNO3/c1-10-6-11(8-12(17)7-10)16(19)18-13-2-3-14-15(9-13)21-5-4-20-14/h2-3,6-9H,4-5H2,1H3,(H,18,19). The highest BCUT2D eigenvalue weighted by Gasteiger charge is 2.13. The van der Waals surface area contributed by atoms with Crippen molar-refractivity contribution >= 4 is 27.5 Å². The van der Waals surface area contributed by atoms with E-state index in [4.69, 9.17) is 9.47 Å². The SMILES string of the molecule is Cc1cc(Br)cc(C(=O)Nc2ccc3c(c2)OCCO3)c1. The molecule has 0 atom stereocenters. The molecule has 0 saturated heterocycles. The summed E-state index contributed by atoms with van der Waals surface area (Å²) < 4.78 is 11.8. The summed E-state index contributed by atoms with van der Waals surface area (Å²) in [5, 5.41) is 2.87. The van der Waals surface area contributed by atoms with Gasteiger partial charge in [0.15, 0.2) is 11.5 Å². The fraction of sp³-hybridized carbons (Fsp3) is 0.188. The Morgan fingerprint density at radius 3 is 2.62 bits per heavy atom. The van der Waals surface area contributed by atoms with Gasteiger partial charge in [-0.2, -0.15) is 0 Å². The minimum atomic E-state index is -0.156. The van der Waals surface area contributed by atoms with Crippen LogP contribution in [0.15, 0.2) is 40.9 Å². The molecule has 1 heterocycles. The molecule has 21 heavy (non-hydrogen) atoms. The molecule has 108 valence electrons. The van der Waals surface area contributed by atoms with Crippen LogP contribution in [0.3, 0.4) is 0 Å². The van der Waals surface area contributed by atoms with Crippen molar-refractivity contribution in [1.82, 2.24) is 0 Å². The molecule has 3 rings (SSSR count). The Morgan fingerprint density at radius 1 is 1.10 bits per heavy atom. The van der Waals surface area contributed by atoms with Crippen molar-refractivity contribution in [3.8, 4) is 11.5 Å². The lowest BCUT2D eigenvalue weighted by Gasteiger charge is -2.19. The maximum atomic E-state index is 12.3. The topological polar surface area (TPSA) is 47.6 Å². The Kier molecular flexibility index (Phi) is 3.84. The largest absolute Gasteiger partial charge is 0.486 e. The van der Waals surface area contributed by atoms with Crippen LogP contribution < -0.4 is 14.8 Å². The first kappa shape index (κ1) is 13.9. The monoisotopic (exact) mass is 347 g/mol. The van der Waals surface area contributed by atoms with Crippen LogP contribution in [-0.2, 0) is 0 Å². The van der Waals surface area contributed by atoms with Crippen molar-refractivity contribution in [1.29, 1.82) is 0 Å². The number of hydrogen-bond acceptors (Lipinski definition) is 3. The third-order valence-electron chi connectivity index (χ3n) is 3.10. The van der Waals surface area contributed by atoms with Crippen molar-refractivity contribution in [3.05, 3.63) is 52.0 Å². The Balaban J connectivity index is 1.81. The molecule has 5 heteroatoms. The predicted octanol–water partition coefficient (Wildman–Crippen LogP) is 3.78. The van der Waals surface area contributed by atoms with Crippen LogP contribution in [0.2, 0.25) is 0 Å². The van der Waals surface area contributed by atoms with Crippen LogP contribution in [0.1, 0.15) is 15.9 Å². The Hall–Kier alpha value is -2.01. The number of fused-ring (bicyclic) bond motifs is 1. The van der Waals surface area contributed by atoms with Gasteiger partial charge in [0.2, 0.25) is 0 Å². The smallest absolute Gasteiger partial charge is 0.255 e. The third-order valence-corrected chi connectivity index (χ3v) is 3.56. The Labute approximate surface area is 131 Å².